The molecule has 0 unspecified atom stereocenters. The SMILES string of the molecule is COc1ccc(NC[C@@H](C)NC(=O)[C@H](CC(C)C)NC(=O)c2cccc(C)c2)cc1. The maximum atomic E-state index is 12.8. The number of ether oxygens (including phenoxy) is 1. The lowest BCUT2D eigenvalue weighted by Crippen LogP contribution is -2.50. The minimum absolute atomic E-state index is 0.106. The highest BCUT2D eigenvalue weighted by atomic mass is 16.5. The van der Waals surface area contributed by atoms with Crippen LogP contribution in [-0.2, 0) is 4.79 Å². The second kappa shape index (κ2) is 11.2. The molecule has 0 fully saturated rings. The van der Waals surface area contributed by atoms with Crippen molar-refractivity contribution in [1.82, 2.24) is 10.6 Å². The molecule has 3 N–H and O–H groups in total. The minimum Gasteiger partial charge on any atom is -0.497 e. The fourth-order valence-electron chi connectivity index (χ4n) is 3.11. The first-order valence-corrected chi connectivity index (χ1v) is 10.3. The van der Waals surface area contributed by atoms with E-state index >= 15 is 0 Å². The summed E-state index contributed by atoms with van der Waals surface area (Å²) in [6.45, 7) is 8.51. The summed E-state index contributed by atoms with van der Waals surface area (Å²) in [4.78, 5) is 25.5. The number of aryl methyl sites for hydroxylation is 1. The molecule has 162 valence electrons. The van der Waals surface area contributed by atoms with E-state index in [0.29, 0.717) is 18.5 Å². The van der Waals surface area contributed by atoms with Gasteiger partial charge in [0.1, 0.15) is 11.8 Å². The van der Waals surface area contributed by atoms with Gasteiger partial charge in [-0.2, -0.15) is 0 Å². The lowest BCUT2D eigenvalue weighted by Gasteiger charge is -2.23. The number of amides is 2. The van der Waals surface area contributed by atoms with Crippen molar-refractivity contribution in [2.75, 3.05) is 19.0 Å². The van der Waals surface area contributed by atoms with Crippen LogP contribution in [0.5, 0.6) is 5.75 Å². The van der Waals surface area contributed by atoms with Gasteiger partial charge >= 0.3 is 0 Å². The van der Waals surface area contributed by atoms with Crippen molar-refractivity contribution in [1.29, 1.82) is 0 Å². The van der Waals surface area contributed by atoms with E-state index in [-0.39, 0.29) is 23.8 Å². The number of methoxy groups -OCH3 is 1. The molecule has 0 aliphatic rings. The molecule has 0 bridgehead atoms. The summed E-state index contributed by atoms with van der Waals surface area (Å²) in [5, 5.41) is 9.20. The quantitative estimate of drug-likeness (QED) is 0.556. The molecule has 2 aromatic carbocycles. The van der Waals surface area contributed by atoms with Gasteiger partial charge in [-0.05, 0) is 62.6 Å². The molecular formula is C24H33N3O3. The Labute approximate surface area is 179 Å². The van der Waals surface area contributed by atoms with Gasteiger partial charge in [0.2, 0.25) is 5.91 Å². The molecule has 30 heavy (non-hydrogen) atoms. The van der Waals surface area contributed by atoms with E-state index in [1.165, 1.54) is 0 Å². The first-order valence-electron chi connectivity index (χ1n) is 10.3. The van der Waals surface area contributed by atoms with Gasteiger partial charge in [-0.3, -0.25) is 9.59 Å². The Morgan fingerprint density at radius 1 is 1.00 bits per heavy atom. The van der Waals surface area contributed by atoms with Crippen molar-refractivity contribution in [2.24, 2.45) is 5.92 Å². The Bertz CT molecular complexity index is 834. The van der Waals surface area contributed by atoms with Crippen LogP contribution < -0.4 is 20.7 Å². The van der Waals surface area contributed by atoms with E-state index in [4.69, 9.17) is 4.74 Å². The van der Waals surface area contributed by atoms with E-state index in [2.05, 4.69) is 16.0 Å². The average molecular weight is 412 g/mol. The molecule has 2 aromatic rings. The molecule has 6 nitrogen and oxygen atoms in total. The first-order chi connectivity index (χ1) is 14.3. The van der Waals surface area contributed by atoms with E-state index in [1.807, 2.05) is 70.2 Å². The van der Waals surface area contributed by atoms with Crippen LogP contribution in [0.15, 0.2) is 48.5 Å². The highest BCUT2D eigenvalue weighted by Crippen LogP contribution is 2.15. The third-order valence-corrected chi connectivity index (χ3v) is 4.70. The molecule has 0 saturated carbocycles. The highest BCUT2D eigenvalue weighted by Gasteiger charge is 2.23. The number of anilines is 1. The predicted molar refractivity (Wildman–Crippen MR) is 121 cm³/mol. The summed E-state index contributed by atoms with van der Waals surface area (Å²) in [5.74, 6) is 0.659. The molecule has 2 rings (SSSR count). The second-order valence-electron chi connectivity index (χ2n) is 8.04. The molecule has 0 heterocycles. The van der Waals surface area contributed by atoms with Gasteiger partial charge in [0.15, 0.2) is 0 Å². The first kappa shape index (κ1) is 23.3. The molecule has 0 aromatic heterocycles. The van der Waals surface area contributed by atoms with Gasteiger partial charge in [-0.15, -0.1) is 0 Å². The molecule has 0 radical (unpaired) electrons. The molecule has 0 spiro atoms. The third kappa shape index (κ3) is 7.43. The summed E-state index contributed by atoms with van der Waals surface area (Å²) in [6.07, 6.45) is 0.571. The smallest absolute Gasteiger partial charge is 0.251 e. The van der Waals surface area contributed by atoms with Crippen molar-refractivity contribution < 1.29 is 14.3 Å². The maximum Gasteiger partial charge on any atom is 0.251 e. The highest BCUT2D eigenvalue weighted by molar-refractivity contribution is 5.97. The summed E-state index contributed by atoms with van der Waals surface area (Å²) in [6, 6.07) is 14.3. The summed E-state index contributed by atoms with van der Waals surface area (Å²) in [7, 11) is 1.63. The van der Waals surface area contributed by atoms with E-state index in [0.717, 1.165) is 17.0 Å². The predicted octanol–water partition coefficient (Wildman–Crippen LogP) is 3.76. The van der Waals surface area contributed by atoms with Crippen molar-refractivity contribution in [3.63, 3.8) is 0 Å². The normalized spacial score (nSPS) is 12.7. The third-order valence-electron chi connectivity index (χ3n) is 4.70. The van der Waals surface area contributed by atoms with Gasteiger partial charge in [0, 0.05) is 23.8 Å². The van der Waals surface area contributed by atoms with Crippen molar-refractivity contribution >= 4 is 17.5 Å². The number of hydrogen-bond donors (Lipinski definition) is 3. The number of nitrogens with one attached hydrogen (secondary N) is 3. The number of benzene rings is 2. The largest absolute Gasteiger partial charge is 0.497 e. The monoisotopic (exact) mass is 411 g/mol. The summed E-state index contributed by atoms with van der Waals surface area (Å²) < 4.78 is 5.16. The van der Waals surface area contributed by atoms with Crippen LogP contribution in [-0.4, -0.2) is 37.6 Å². The van der Waals surface area contributed by atoms with Crippen molar-refractivity contribution in [3.8, 4) is 5.75 Å². The summed E-state index contributed by atoms with van der Waals surface area (Å²) in [5.41, 5.74) is 2.51. The molecule has 2 amide bonds. The maximum absolute atomic E-state index is 12.8. The van der Waals surface area contributed by atoms with Crippen LogP contribution in [0.4, 0.5) is 5.69 Å². The van der Waals surface area contributed by atoms with Crippen LogP contribution in [0, 0.1) is 12.8 Å². The Kier molecular flexibility index (Phi) is 8.71. The number of rotatable bonds is 10. The Hall–Kier alpha value is -3.02. The minimum atomic E-state index is -0.582. The van der Waals surface area contributed by atoms with Gasteiger partial charge in [0.05, 0.1) is 7.11 Å². The molecular weight excluding hydrogens is 378 g/mol. The van der Waals surface area contributed by atoms with E-state index < -0.39 is 6.04 Å². The van der Waals surface area contributed by atoms with E-state index in [9.17, 15) is 9.59 Å². The van der Waals surface area contributed by atoms with Crippen molar-refractivity contribution in [3.05, 3.63) is 59.7 Å². The zero-order chi connectivity index (χ0) is 22.1. The number of carbonyl (C=O) groups excluding carboxylic acids is 2. The van der Waals surface area contributed by atoms with Crippen LogP contribution in [0.3, 0.4) is 0 Å². The molecule has 6 heteroatoms. The Balaban J connectivity index is 1.93. The Morgan fingerprint density at radius 2 is 1.70 bits per heavy atom. The fourth-order valence-corrected chi connectivity index (χ4v) is 3.11. The fraction of sp³-hybridized carbons (Fsp3) is 0.417. The van der Waals surface area contributed by atoms with Gasteiger partial charge in [-0.25, -0.2) is 0 Å². The number of hydrogen-bond acceptors (Lipinski definition) is 4. The summed E-state index contributed by atoms with van der Waals surface area (Å²) >= 11 is 0. The molecule has 2 atom stereocenters. The lowest BCUT2D eigenvalue weighted by molar-refractivity contribution is -0.123. The average Bonchev–Trinajstić information content (AvgIpc) is 2.71. The lowest BCUT2D eigenvalue weighted by atomic mass is 10.0. The van der Waals surface area contributed by atoms with Crippen LogP contribution >= 0.6 is 0 Å². The Morgan fingerprint density at radius 3 is 2.30 bits per heavy atom. The topological polar surface area (TPSA) is 79.5 Å². The number of carbonyl (C=O) groups is 2. The van der Waals surface area contributed by atoms with Crippen LogP contribution in [0.25, 0.3) is 0 Å². The van der Waals surface area contributed by atoms with E-state index in [1.54, 1.807) is 13.2 Å². The molecule has 0 aliphatic carbocycles. The standard InChI is InChI=1S/C24H33N3O3/c1-16(2)13-22(27-23(28)19-8-6-7-17(3)14-19)24(29)26-18(4)15-25-20-9-11-21(30-5)12-10-20/h6-12,14,16,18,22,25H,13,15H2,1-5H3,(H,26,29)(H,27,28)/t18-,22+/m1/s1. The van der Waals surface area contributed by atoms with Gasteiger partial charge in [0.25, 0.3) is 5.91 Å². The molecule has 0 saturated heterocycles. The van der Waals surface area contributed by atoms with Crippen molar-refractivity contribution in [2.45, 2.75) is 46.2 Å². The zero-order valence-electron chi connectivity index (χ0n) is 18.5. The van der Waals surface area contributed by atoms with Gasteiger partial charge < -0.3 is 20.7 Å². The second-order valence-corrected chi connectivity index (χ2v) is 8.04. The van der Waals surface area contributed by atoms with Gasteiger partial charge in [-0.1, -0.05) is 31.5 Å². The van der Waals surface area contributed by atoms with Crippen LogP contribution in [0.2, 0.25) is 0 Å². The zero-order valence-corrected chi connectivity index (χ0v) is 18.5. The molecule has 0 aliphatic heterocycles. The van der Waals surface area contributed by atoms with Crippen LogP contribution in [0.1, 0.15) is 43.1 Å².